The minimum absolute atomic E-state index is 0.191. The van der Waals surface area contributed by atoms with E-state index in [-0.39, 0.29) is 28.5 Å². The number of nitrogens with zero attached hydrogens (tertiary/aromatic N) is 15. The number of H-pyrrole nitrogens is 2. The zero-order valence-electron chi connectivity index (χ0n) is 49.4. The minimum Gasteiger partial charge on any atom is -0.321 e. The van der Waals surface area contributed by atoms with E-state index in [0.717, 1.165) is 66.3 Å². The quantitative estimate of drug-likeness (QED) is 0.109. The Balaban J connectivity index is 1.46. The van der Waals surface area contributed by atoms with Gasteiger partial charge in [0.1, 0.15) is 80.0 Å². The van der Waals surface area contributed by atoms with Gasteiger partial charge in [-0.1, -0.05) is 209 Å². The maximum Gasteiger partial charge on any atom is 0.184 e. The Morgan fingerprint density at radius 1 is 0.329 bits per heavy atom. The average Bonchev–Trinajstić information content (AvgIpc) is 4.18. The first-order valence-corrected chi connectivity index (χ1v) is 32.5. The Bertz CT molecular complexity index is 3680. The molecule has 0 saturated carbocycles. The molecule has 9 rings (SSSR count). The number of hydrogen-bond acceptors (Lipinski definition) is 22. The lowest BCUT2D eigenvalue weighted by Gasteiger charge is -2.22. The number of fused-ring (bicyclic) bond motifs is 20. The molecule has 0 saturated heterocycles. The van der Waals surface area contributed by atoms with Crippen molar-refractivity contribution >= 4 is 127 Å². The van der Waals surface area contributed by atoms with Crippen LogP contribution in [-0.2, 0) is 0 Å². The van der Waals surface area contributed by atoms with E-state index in [1.54, 1.807) is 82.3 Å². The van der Waals surface area contributed by atoms with Crippen LogP contribution in [0.25, 0.3) is 90.7 Å². The van der Waals surface area contributed by atoms with Gasteiger partial charge in [-0.15, -0.1) is 11.8 Å². The molecule has 2 N–H and O–H groups in total. The van der Waals surface area contributed by atoms with E-state index in [2.05, 4.69) is 153 Å². The van der Waals surface area contributed by atoms with Crippen molar-refractivity contribution in [3.8, 4) is 46.1 Å². The summed E-state index contributed by atoms with van der Waals surface area (Å²) < 4.78 is -1.15. The molecule has 9 heterocycles. The molecule has 0 radical (unpaired) electrons. The molecule has 17 nitrogen and oxygen atoms in total. The maximum absolute atomic E-state index is 5.44. The molecule has 24 heteroatoms. The first kappa shape index (κ1) is 59.7. The summed E-state index contributed by atoms with van der Waals surface area (Å²) in [5.74, 6) is 2.06. The Labute approximate surface area is 494 Å². The van der Waals surface area contributed by atoms with Gasteiger partial charge in [0.05, 0.1) is 5.69 Å². The van der Waals surface area contributed by atoms with E-state index < -0.39 is 0 Å². The van der Waals surface area contributed by atoms with Crippen LogP contribution < -0.4 is 0 Å². The molecule has 0 unspecified atom stereocenters. The van der Waals surface area contributed by atoms with Crippen LogP contribution in [-0.4, -0.2) is 139 Å². The number of aromatic amines is 2. The Morgan fingerprint density at radius 2 is 0.582 bits per heavy atom. The predicted molar refractivity (Wildman–Crippen MR) is 335 cm³/mol. The number of nitrogens with one attached hydrogen (secondary N) is 2. The molecule has 0 spiro atoms. The van der Waals surface area contributed by atoms with Crippen LogP contribution in [0.2, 0.25) is 0 Å². The zero-order valence-corrected chi connectivity index (χ0v) is 55.1. The smallest absolute Gasteiger partial charge is 0.184 e. The molecular formula is C55H73N17S7. The van der Waals surface area contributed by atoms with Crippen molar-refractivity contribution in [1.29, 1.82) is 0 Å². The summed E-state index contributed by atoms with van der Waals surface area (Å²) in [6.45, 7) is 48.4. The van der Waals surface area contributed by atoms with Gasteiger partial charge < -0.3 is 14.9 Å². The fourth-order valence-electron chi connectivity index (χ4n) is 8.02. The molecule has 0 aromatic carbocycles. The lowest BCUT2D eigenvalue weighted by molar-refractivity contribution is 0.324. The summed E-state index contributed by atoms with van der Waals surface area (Å²) >= 11 is 11.6. The van der Waals surface area contributed by atoms with Crippen LogP contribution >= 0.6 is 82.3 Å². The lowest BCUT2D eigenvalue weighted by Crippen LogP contribution is -2.25. The zero-order chi connectivity index (χ0) is 57.5. The van der Waals surface area contributed by atoms with Crippen LogP contribution in [0.1, 0.15) is 144 Å². The Hall–Kier alpha value is -3.91. The summed E-state index contributed by atoms with van der Waals surface area (Å²) in [5.41, 5.74) is 6.34. The molecular weight excluding hydrogens is 1120 g/mol. The highest BCUT2D eigenvalue weighted by atomic mass is 32.2. The summed E-state index contributed by atoms with van der Waals surface area (Å²) in [6.07, 6.45) is 0. The highest BCUT2D eigenvalue weighted by Crippen LogP contribution is 2.47. The van der Waals surface area contributed by atoms with Crippen molar-refractivity contribution < 1.29 is 0 Å². The summed E-state index contributed by atoms with van der Waals surface area (Å²) in [7, 11) is 0. The van der Waals surface area contributed by atoms with Crippen molar-refractivity contribution in [1.82, 2.24) is 84.6 Å². The largest absolute Gasteiger partial charge is 0.321 e. The van der Waals surface area contributed by atoms with E-state index in [4.69, 9.17) is 69.8 Å². The van der Waals surface area contributed by atoms with Gasteiger partial charge in [-0.2, -0.15) is 0 Å². The van der Waals surface area contributed by atoms with Crippen LogP contribution in [0.15, 0.2) is 35.2 Å². The first-order valence-electron chi connectivity index (χ1n) is 26.6. The molecule has 0 atom stereocenters. The van der Waals surface area contributed by atoms with Gasteiger partial charge in [0, 0.05) is 40.8 Å². The van der Waals surface area contributed by atoms with E-state index in [1.165, 1.54) is 0 Å². The summed E-state index contributed by atoms with van der Waals surface area (Å²) in [6, 6.07) is 0. The molecule has 7 aromatic heterocycles. The molecule has 0 aliphatic carbocycles. The first-order chi connectivity index (χ1) is 36.6. The summed E-state index contributed by atoms with van der Waals surface area (Å²) in [5, 5.41) is 5.47. The predicted octanol–water partition coefficient (Wildman–Crippen LogP) is 15.1. The highest BCUT2D eigenvalue weighted by molar-refractivity contribution is 8.04. The topological polar surface area (TPSA) is 215 Å². The SMILES string of the molecule is CCN(CC)CCSc1nc2c3nc4nc(nc5[nH]c(nc6nc(nc([nH]3)c2nc1C)-c1nc(SC(C)(C)C)c(SC(C)(C)C)nc1-6)c1nc(SC(C)(C)C)c(SC(C)(C)C)nc51)-c1nc(SC(C)(C)C)c(SC(C)(C)C)nc1-4. The molecule has 8 bridgehead atoms. The van der Waals surface area contributed by atoms with Gasteiger partial charge in [-0.25, -0.2) is 69.8 Å². The number of thioether (sulfide) groups is 7. The number of rotatable bonds is 12. The number of hydrogen-bond donors (Lipinski definition) is 2. The number of aromatic nitrogens is 16. The van der Waals surface area contributed by atoms with E-state index in [0.29, 0.717) is 90.7 Å². The second kappa shape index (κ2) is 22.0. The van der Waals surface area contributed by atoms with Gasteiger partial charge in [-0.3, -0.25) is 0 Å². The minimum atomic E-state index is -0.193. The molecule has 7 aromatic rings. The third-order valence-electron chi connectivity index (χ3n) is 11.0. The lowest BCUT2D eigenvalue weighted by atomic mass is 10.3. The van der Waals surface area contributed by atoms with Gasteiger partial charge in [-0.05, 0) is 20.0 Å². The van der Waals surface area contributed by atoms with Crippen LogP contribution in [0, 0.1) is 6.92 Å². The maximum atomic E-state index is 5.44. The highest BCUT2D eigenvalue weighted by Gasteiger charge is 2.34. The molecule has 2 aliphatic heterocycles. The van der Waals surface area contributed by atoms with Crippen molar-refractivity contribution in [3.05, 3.63) is 5.69 Å². The molecule has 420 valence electrons. The van der Waals surface area contributed by atoms with Crippen LogP contribution in [0.4, 0.5) is 0 Å². The van der Waals surface area contributed by atoms with Gasteiger partial charge in [0.25, 0.3) is 0 Å². The normalized spacial score (nSPS) is 13.5. The van der Waals surface area contributed by atoms with E-state index in [9.17, 15) is 0 Å². The van der Waals surface area contributed by atoms with Gasteiger partial charge in [0.2, 0.25) is 0 Å². The van der Waals surface area contributed by atoms with Gasteiger partial charge >= 0.3 is 0 Å². The second-order valence-electron chi connectivity index (χ2n) is 25.2. The second-order valence-corrected chi connectivity index (χ2v) is 37.2. The van der Waals surface area contributed by atoms with E-state index in [1.807, 2.05) is 6.92 Å². The molecule has 0 amide bonds. The molecule has 79 heavy (non-hydrogen) atoms. The fraction of sp³-hybridized carbons (Fsp3) is 0.564. The third-order valence-corrected chi connectivity index (χ3v) is 19.0. The monoisotopic (exact) mass is 1200 g/mol. The van der Waals surface area contributed by atoms with Crippen LogP contribution in [0.3, 0.4) is 0 Å². The standard InChI is InChI=1S/C55H73N17S7/c1-22-72(23-2)24-25-73-43-26(3)56-27-28(57-43)36-64-35(27)65-37-29-30(59-45(75-51(7,8)9)44(58-29)74-50(4,5)6)39(67-37)69-41-33-34(63-49(79-55(19,20)21)48(62-33)78-54(16,17)18)42(71-41)70-40-32-31(38(66-36)68-40)60-46(76-52(10,11)12)47(61-32)77-53(13,14)15/h22-25H2,1-21H3,(H2,64,65,66,67,68,69,70,71). The third kappa shape index (κ3) is 14.3. The number of aryl methyl sites for hydroxylation is 1. The van der Waals surface area contributed by atoms with Crippen molar-refractivity contribution in [3.63, 3.8) is 0 Å². The fourth-order valence-corrected chi connectivity index (χ4v) is 14.8. The van der Waals surface area contributed by atoms with Crippen LogP contribution in [0.5, 0.6) is 0 Å². The van der Waals surface area contributed by atoms with Crippen molar-refractivity contribution in [2.75, 3.05) is 25.4 Å². The van der Waals surface area contributed by atoms with Gasteiger partial charge in [0.15, 0.2) is 45.9 Å². The Kier molecular flexibility index (Phi) is 16.6. The molecule has 0 fully saturated rings. The van der Waals surface area contributed by atoms with Crippen molar-refractivity contribution in [2.24, 2.45) is 0 Å². The average molecular weight is 1200 g/mol. The van der Waals surface area contributed by atoms with E-state index >= 15 is 0 Å². The summed E-state index contributed by atoms with van der Waals surface area (Å²) in [4.78, 5) is 84.6. The van der Waals surface area contributed by atoms with Crippen molar-refractivity contribution in [2.45, 2.75) is 209 Å². The Morgan fingerprint density at radius 3 is 0.848 bits per heavy atom. The molecule has 2 aliphatic rings.